The van der Waals surface area contributed by atoms with Gasteiger partial charge in [0.05, 0.1) is 5.52 Å². The van der Waals surface area contributed by atoms with Crippen molar-refractivity contribution in [1.82, 2.24) is 4.98 Å². The van der Waals surface area contributed by atoms with Gasteiger partial charge in [0.1, 0.15) is 5.82 Å². The Kier molecular flexibility index (Phi) is 3.88. The first kappa shape index (κ1) is 13.4. The molecule has 0 saturated heterocycles. The van der Waals surface area contributed by atoms with Gasteiger partial charge < -0.3 is 10.6 Å². The second kappa shape index (κ2) is 5.80. The second-order valence-electron chi connectivity index (χ2n) is 5.63. The SMILES string of the molecule is CCCN(c1nc2ccccc2cc1CCN)C1CC1. The molecule has 1 fully saturated rings. The zero-order chi connectivity index (χ0) is 13.9. The number of hydrogen-bond acceptors (Lipinski definition) is 3. The maximum atomic E-state index is 5.79. The van der Waals surface area contributed by atoms with Gasteiger partial charge in [0.15, 0.2) is 0 Å². The quantitative estimate of drug-likeness (QED) is 0.876. The highest BCUT2D eigenvalue weighted by Gasteiger charge is 2.30. The van der Waals surface area contributed by atoms with Gasteiger partial charge in [-0.1, -0.05) is 25.1 Å². The fourth-order valence-corrected chi connectivity index (χ4v) is 2.83. The lowest BCUT2D eigenvalue weighted by molar-refractivity contribution is 0.744. The first-order chi connectivity index (χ1) is 9.83. The Bertz CT molecular complexity index is 590. The van der Waals surface area contributed by atoms with Crippen molar-refractivity contribution in [3.8, 4) is 0 Å². The van der Waals surface area contributed by atoms with Gasteiger partial charge >= 0.3 is 0 Å². The third-order valence-electron chi connectivity index (χ3n) is 3.92. The van der Waals surface area contributed by atoms with E-state index in [1.165, 1.54) is 29.6 Å². The molecule has 1 aromatic heterocycles. The predicted octanol–water partition coefficient (Wildman–Crippen LogP) is 3.11. The van der Waals surface area contributed by atoms with Crippen LogP contribution in [0.2, 0.25) is 0 Å². The van der Waals surface area contributed by atoms with Crippen LogP contribution in [-0.2, 0) is 6.42 Å². The molecule has 3 nitrogen and oxygen atoms in total. The highest BCUT2D eigenvalue weighted by Crippen LogP contribution is 2.34. The lowest BCUT2D eigenvalue weighted by Gasteiger charge is -2.26. The maximum absolute atomic E-state index is 5.79. The Morgan fingerprint density at radius 3 is 2.80 bits per heavy atom. The van der Waals surface area contributed by atoms with E-state index in [0.29, 0.717) is 12.6 Å². The van der Waals surface area contributed by atoms with Crippen LogP contribution in [0.15, 0.2) is 30.3 Å². The Morgan fingerprint density at radius 1 is 1.30 bits per heavy atom. The first-order valence-electron chi connectivity index (χ1n) is 7.69. The van der Waals surface area contributed by atoms with Crippen LogP contribution in [0.1, 0.15) is 31.7 Å². The van der Waals surface area contributed by atoms with Crippen molar-refractivity contribution in [3.63, 3.8) is 0 Å². The largest absolute Gasteiger partial charge is 0.353 e. The van der Waals surface area contributed by atoms with Crippen molar-refractivity contribution in [2.45, 2.75) is 38.6 Å². The molecule has 1 aromatic carbocycles. The number of pyridine rings is 1. The molecule has 0 spiro atoms. The number of para-hydroxylation sites is 1. The number of nitrogens with zero attached hydrogens (tertiary/aromatic N) is 2. The Balaban J connectivity index is 2.07. The molecule has 3 rings (SSSR count). The van der Waals surface area contributed by atoms with Crippen molar-refractivity contribution in [2.24, 2.45) is 5.73 Å². The van der Waals surface area contributed by atoms with Gasteiger partial charge in [-0.05, 0) is 49.9 Å². The monoisotopic (exact) mass is 269 g/mol. The van der Waals surface area contributed by atoms with Crippen molar-refractivity contribution in [3.05, 3.63) is 35.9 Å². The summed E-state index contributed by atoms with van der Waals surface area (Å²) in [5.41, 5.74) is 8.18. The zero-order valence-corrected chi connectivity index (χ0v) is 12.2. The van der Waals surface area contributed by atoms with Gasteiger partial charge in [0.2, 0.25) is 0 Å². The summed E-state index contributed by atoms with van der Waals surface area (Å²) in [4.78, 5) is 7.44. The van der Waals surface area contributed by atoms with Gasteiger partial charge in [-0.3, -0.25) is 0 Å². The summed E-state index contributed by atoms with van der Waals surface area (Å²) in [6, 6.07) is 11.3. The molecule has 0 amide bonds. The smallest absolute Gasteiger partial charge is 0.132 e. The standard InChI is InChI=1S/C17H23N3/c1-2-11-20(15-7-8-15)17-14(9-10-18)12-13-5-3-4-6-16(13)19-17/h3-6,12,15H,2,7-11,18H2,1H3. The molecule has 2 aromatic rings. The summed E-state index contributed by atoms with van der Waals surface area (Å²) in [7, 11) is 0. The van der Waals surface area contributed by atoms with Gasteiger partial charge in [-0.25, -0.2) is 4.98 Å². The van der Waals surface area contributed by atoms with E-state index in [9.17, 15) is 0 Å². The van der Waals surface area contributed by atoms with Gasteiger partial charge in [-0.2, -0.15) is 0 Å². The molecular weight excluding hydrogens is 246 g/mol. The molecule has 0 radical (unpaired) electrons. The van der Waals surface area contributed by atoms with Gasteiger partial charge in [-0.15, -0.1) is 0 Å². The molecule has 1 aliphatic carbocycles. The van der Waals surface area contributed by atoms with E-state index in [0.717, 1.165) is 24.9 Å². The molecule has 1 heterocycles. The lowest BCUT2D eigenvalue weighted by Crippen LogP contribution is -2.29. The number of anilines is 1. The number of benzene rings is 1. The fraction of sp³-hybridized carbons (Fsp3) is 0.471. The Morgan fingerprint density at radius 2 is 2.10 bits per heavy atom. The minimum absolute atomic E-state index is 0.678. The van der Waals surface area contributed by atoms with Crippen molar-refractivity contribution >= 4 is 16.7 Å². The minimum atomic E-state index is 0.678. The molecule has 0 bridgehead atoms. The van der Waals surface area contributed by atoms with Crippen LogP contribution >= 0.6 is 0 Å². The third-order valence-corrected chi connectivity index (χ3v) is 3.92. The average Bonchev–Trinajstić information content (AvgIpc) is 3.29. The van der Waals surface area contributed by atoms with E-state index in [1.807, 2.05) is 0 Å². The maximum Gasteiger partial charge on any atom is 0.132 e. The van der Waals surface area contributed by atoms with Crippen LogP contribution in [0, 0.1) is 0 Å². The molecule has 2 N–H and O–H groups in total. The highest BCUT2D eigenvalue weighted by atomic mass is 15.2. The predicted molar refractivity (Wildman–Crippen MR) is 85.2 cm³/mol. The number of hydrogen-bond donors (Lipinski definition) is 1. The number of nitrogens with two attached hydrogens (primary N) is 1. The van der Waals surface area contributed by atoms with E-state index >= 15 is 0 Å². The topological polar surface area (TPSA) is 42.2 Å². The summed E-state index contributed by atoms with van der Waals surface area (Å²) in [5.74, 6) is 1.17. The summed E-state index contributed by atoms with van der Waals surface area (Å²) in [6.07, 6.45) is 4.67. The lowest BCUT2D eigenvalue weighted by atomic mass is 10.1. The van der Waals surface area contributed by atoms with E-state index in [2.05, 4.69) is 42.2 Å². The average molecular weight is 269 g/mol. The first-order valence-corrected chi connectivity index (χ1v) is 7.69. The summed E-state index contributed by atoms with van der Waals surface area (Å²) in [5, 5.41) is 1.21. The molecule has 0 unspecified atom stereocenters. The molecule has 0 atom stereocenters. The molecule has 0 aliphatic heterocycles. The van der Waals surface area contributed by atoms with Crippen molar-refractivity contribution in [1.29, 1.82) is 0 Å². The normalized spacial score (nSPS) is 14.7. The van der Waals surface area contributed by atoms with Gasteiger partial charge in [0.25, 0.3) is 0 Å². The van der Waals surface area contributed by atoms with Crippen LogP contribution in [-0.4, -0.2) is 24.1 Å². The van der Waals surface area contributed by atoms with Crippen molar-refractivity contribution in [2.75, 3.05) is 18.0 Å². The Labute approximate surface area is 120 Å². The van der Waals surface area contributed by atoms with Crippen LogP contribution in [0.3, 0.4) is 0 Å². The zero-order valence-electron chi connectivity index (χ0n) is 12.2. The van der Waals surface area contributed by atoms with Gasteiger partial charge in [0, 0.05) is 18.0 Å². The molecule has 1 saturated carbocycles. The van der Waals surface area contributed by atoms with E-state index in [-0.39, 0.29) is 0 Å². The highest BCUT2D eigenvalue weighted by molar-refractivity contribution is 5.82. The van der Waals surface area contributed by atoms with Crippen LogP contribution in [0.5, 0.6) is 0 Å². The van der Waals surface area contributed by atoms with Crippen LogP contribution in [0.4, 0.5) is 5.82 Å². The summed E-state index contributed by atoms with van der Waals surface area (Å²) in [6.45, 7) is 4.00. The molecule has 20 heavy (non-hydrogen) atoms. The minimum Gasteiger partial charge on any atom is -0.353 e. The van der Waals surface area contributed by atoms with E-state index < -0.39 is 0 Å². The number of aromatic nitrogens is 1. The summed E-state index contributed by atoms with van der Waals surface area (Å²) >= 11 is 0. The van der Waals surface area contributed by atoms with Crippen LogP contribution < -0.4 is 10.6 Å². The molecule has 1 aliphatic rings. The molecule has 3 heteroatoms. The van der Waals surface area contributed by atoms with Crippen LogP contribution in [0.25, 0.3) is 10.9 Å². The summed E-state index contributed by atoms with van der Waals surface area (Å²) < 4.78 is 0. The third kappa shape index (κ3) is 2.63. The molecular formula is C17H23N3. The Hall–Kier alpha value is -1.61. The number of fused-ring (bicyclic) bond motifs is 1. The molecule has 106 valence electrons. The van der Waals surface area contributed by atoms with E-state index in [1.54, 1.807) is 0 Å². The second-order valence-corrected chi connectivity index (χ2v) is 5.63. The van der Waals surface area contributed by atoms with E-state index in [4.69, 9.17) is 10.7 Å². The fourth-order valence-electron chi connectivity index (χ4n) is 2.83. The van der Waals surface area contributed by atoms with Crippen molar-refractivity contribution < 1.29 is 0 Å². The number of rotatable bonds is 6.